The lowest BCUT2D eigenvalue weighted by atomic mass is 9.67. The van der Waals surface area contributed by atoms with E-state index in [1.807, 2.05) is 0 Å². The summed E-state index contributed by atoms with van der Waals surface area (Å²) in [4.78, 5) is 0. The molecule has 0 aliphatic heterocycles. The highest BCUT2D eigenvalue weighted by atomic mass is 14.4. The maximum absolute atomic E-state index is 2.43. The van der Waals surface area contributed by atoms with Crippen molar-refractivity contribution in [3.63, 3.8) is 0 Å². The maximum atomic E-state index is 2.43. The van der Waals surface area contributed by atoms with Gasteiger partial charge in [-0.2, -0.15) is 0 Å². The van der Waals surface area contributed by atoms with Crippen LogP contribution in [0.5, 0.6) is 0 Å². The molecule has 3 rings (SSSR count). The molecule has 0 spiro atoms. The van der Waals surface area contributed by atoms with E-state index in [9.17, 15) is 0 Å². The zero-order valence-electron chi connectivity index (χ0n) is 12.4. The molecule has 0 saturated heterocycles. The summed E-state index contributed by atoms with van der Waals surface area (Å²) in [5.41, 5.74) is 1.61. The van der Waals surface area contributed by atoms with E-state index in [1.54, 1.807) is 5.56 Å². The van der Waals surface area contributed by atoms with E-state index in [2.05, 4.69) is 57.2 Å². The molecular formula is C19H25-. The molecule has 0 radical (unpaired) electrons. The summed E-state index contributed by atoms with van der Waals surface area (Å²) in [6.45, 7) is 7.23. The highest BCUT2D eigenvalue weighted by Crippen LogP contribution is 2.46. The van der Waals surface area contributed by atoms with Crippen molar-refractivity contribution in [3.8, 4) is 0 Å². The standard InChI is InChI=1S/C19H25/c1-13(2)16-10-8-14(3)12-19(16)18-11-9-15-6-4-5-7-17(15)18/h4-7,9,11,13-14,16,19H,8,10,12H2,1-3H3/q-1/t14-,16+,19+/m1/s1. The first-order chi connectivity index (χ1) is 9.16. The van der Waals surface area contributed by atoms with Crippen LogP contribution >= 0.6 is 0 Å². The van der Waals surface area contributed by atoms with Gasteiger partial charge in [-0.25, -0.2) is 0 Å². The molecule has 0 unspecified atom stereocenters. The largest absolute Gasteiger partial charge is 0.148 e. The minimum Gasteiger partial charge on any atom is -0.148 e. The summed E-state index contributed by atoms with van der Waals surface area (Å²) >= 11 is 0. The van der Waals surface area contributed by atoms with Gasteiger partial charge in [0.05, 0.1) is 0 Å². The minimum atomic E-state index is 0.767. The predicted octanol–water partition coefficient (Wildman–Crippen LogP) is 5.73. The smallest absolute Gasteiger partial charge is 0.0392 e. The third-order valence-corrected chi connectivity index (χ3v) is 5.14. The Morgan fingerprint density at radius 3 is 2.74 bits per heavy atom. The molecule has 0 N–H and O–H groups in total. The maximum Gasteiger partial charge on any atom is -0.0392 e. The Hall–Kier alpha value is -1.17. The minimum absolute atomic E-state index is 0.767. The third-order valence-electron chi connectivity index (χ3n) is 5.14. The van der Waals surface area contributed by atoms with E-state index in [0.29, 0.717) is 0 Å². The fourth-order valence-electron chi connectivity index (χ4n) is 4.06. The van der Waals surface area contributed by atoms with Crippen molar-refractivity contribution in [1.82, 2.24) is 0 Å². The molecule has 102 valence electrons. The molecule has 1 aliphatic rings. The van der Waals surface area contributed by atoms with E-state index < -0.39 is 0 Å². The molecule has 1 saturated carbocycles. The van der Waals surface area contributed by atoms with Crippen LogP contribution in [0.15, 0.2) is 36.4 Å². The summed E-state index contributed by atoms with van der Waals surface area (Å²) in [6, 6.07) is 13.6. The highest BCUT2D eigenvalue weighted by Gasteiger charge is 2.30. The van der Waals surface area contributed by atoms with Crippen LogP contribution in [0.1, 0.15) is 51.5 Å². The predicted molar refractivity (Wildman–Crippen MR) is 83.6 cm³/mol. The Balaban J connectivity index is 2.02. The van der Waals surface area contributed by atoms with Gasteiger partial charge in [0.25, 0.3) is 0 Å². The Kier molecular flexibility index (Phi) is 3.43. The van der Waals surface area contributed by atoms with Crippen molar-refractivity contribution in [2.75, 3.05) is 0 Å². The van der Waals surface area contributed by atoms with Crippen molar-refractivity contribution in [1.29, 1.82) is 0 Å². The molecule has 0 aromatic heterocycles. The number of hydrogen-bond donors (Lipinski definition) is 0. The molecule has 1 aliphatic carbocycles. The van der Waals surface area contributed by atoms with Crippen LogP contribution in [0, 0.1) is 17.8 Å². The van der Waals surface area contributed by atoms with E-state index >= 15 is 0 Å². The van der Waals surface area contributed by atoms with Gasteiger partial charge in [0.1, 0.15) is 0 Å². The van der Waals surface area contributed by atoms with Gasteiger partial charge >= 0.3 is 0 Å². The van der Waals surface area contributed by atoms with Gasteiger partial charge in [0.2, 0.25) is 0 Å². The van der Waals surface area contributed by atoms with Crippen molar-refractivity contribution >= 4 is 10.8 Å². The van der Waals surface area contributed by atoms with Gasteiger partial charge in [-0.3, -0.25) is 0 Å². The second-order valence-electron chi connectivity index (χ2n) is 6.81. The molecule has 0 heterocycles. The van der Waals surface area contributed by atoms with Crippen LogP contribution in [0.4, 0.5) is 0 Å². The average molecular weight is 253 g/mol. The van der Waals surface area contributed by atoms with Crippen molar-refractivity contribution in [2.24, 2.45) is 17.8 Å². The molecular weight excluding hydrogens is 228 g/mol. The SMILES string of the molecule is CC(C)[C@@H]1CC[C@@H](C)C[C@@H]1c1cc[c-]2ccccc12. The first-order valence-corrected chi connectivity index (χ1v) is 7.81. The Bertz CT molecular complexity index is 546. The highest BCUT2D eigenvalue weighted by molar-refractivity contribution is 5.88. The van der Waals surface area contributed by atoms with E-state index in [1.165, 1.54) is 30.0 Å². The fourth-order valence-corrected chi connectivity index (χ4v) is 4.06. The summed E-state index contributed by atoms with van der Waals surface area (Å²) in [5.74, 6) is 3.31. The van der Waals surface area contributed by atoms with Crippen LogP contribution in [0.3, 0.4) is 0 Å². The van der Waals surface area contributed by atoms with Crippen molar-refractivity contribution < 1.29 is 0 Å². The lowest BCUT2D eigenvalue weighted by Gasteiger charge is -2.39. The number of fused-ring (bicyclic) bond motifs is 1. The van der Waals surface area contributed by atoms with Crippen molar-refractivity contribution in [2.45, 2.75) is 46.0 Å². The second-order valence-corrected chi connectivity index (χ2v) is 6.81. The fraction of sp³-hybridized carbons (Fsp3) is 0.526. The van der Waals surface area contributed by atoms with E-state index in [0.717, 1.165) is 23.7 Å². The molecule has 0 nitrogen and oxygen atoms in total. The number of hydrogen-bond acceptors (Lipinski definition) is 0. The van der Waals surface area contributed by atoms with Gasteiger partial charge in [-0.1, -0.05) is 39.0 Å². The summed E-state index contributed by atoms with van der Waals surface area (Å²) < 4.78 is 0. The van der Waals surface area contributed by atoms with Gasteiger partial charge in [-0.05, 0) is 30.1 Å². The lowest BCUT2D eigenvalue weighted by molar-refractivity contribution is 0.198. The second kappa shape index (κ2) is 5.07. The third kappa shape index (κ3) is 2.33. The molecule has 0 amide bonds. The average Bonchev–Trinajstić information content (AvgIpc) is 2.82. The molecule has 1 fully saturated rings. The molecule has 0 heteroatoms. The summed E-state index contributed by atoms with van der Waals surface area (Å²) in [6.07, 6.45) is 4.19. The first kappa shape index (κ1) is 12.8. The molecule has 2 aromatic carbocycles. The van der Waals surface area contributed by atoms with Gasteiger partial charge in [0.15, 0.2) is 0 Å². The van der Waals surface area contributed by atoms with E-state index in [4.69, 9.17) is 0 Å². The Labute approximate surface area is 117 Å². The topological polar surface area (TPSA) is 0 Å². The molecule has 0 bridgehead atoms. The lowest BCUT2D eigenvalue weighted by Crippen LogP contribution is -2.25. The van der Waals surface area contributed by atoms with Crippen LogP contribution in [-0.4, -0.2) is 0 Å². The number of rotatable bonds is 2. The summed E-state index contributed by atoms with van der Waals surface area (Å²) in [5, 5.41) is 2.91. The van der Waals surface area contributed by atoms with E-state index in [-0.39, 0.29) is 0 Å². The zero-order chi connectivity index (χ0) is 13.4. The van der Waals surface area contributed by atoms with Crippen LogP contribution in [0.25, 0.3) is 10.8 Å². The molecule has 2 aromatic rings. The van der Waals surface area contributed by atoms with Crippen LogP contribution in [-0.2, 0) is 0 Å². The van der Waals surface area contributed by atoms with Crippen molar-refractivity contribution in [3.05, 3.63) is 42.0 Å². The van der Waals surface area contributed by atoms with Crippen LogP contribution in [0.2, 0.25) is 0 Å². The molecule has 3 atom stereocenters. The first-order valence-electron chi connectivity index (χ1n) is 7.81. The number of benzene rings is 1. The zero-order valence-corrected chi connectivity index (χ0v) is 12.4. The van der Waals surface area contributed by atoms with Gasteiger partial charge in [0, 0.05) is 0 Å². The molecule has 19 heavy (non-hydrogen) atoms. The van der Waals surface area contributed by atoms with Crippen LogP contribution < -0.4 is 0 Å². The Morgan fingerprint density at radius 1 is 1.11 bits per heavy atom. The normalized spacial score (nSPS) is 28.1. The van der Waals surface area contributed by atoms with Gasteiger partial charge in [-0.15, -0.1) is 47.3 Å². The summed E-state index contributed by atoms with van der Waals surface area (Å²) in [7, 11) is 0. The Morgan fingerprint density at radius 2 is 1.95 bits per heavy atom. The monoisotopic (exact) mass is 253 g/mol. The quantitative estimate of drug-likeness (QED) is 0.599. The van der Waals surface area contributed by atoms with Gasteiger partial charge < -0.3 is 0 Å².